The Morgan fingerprint density at radius 3 is 3.11 bits per heavy atom. The van der Waals surface area contributed by atoms with Gasteiger partial charge in [-0.1, -0.05) is 6.92 Å². The van der Waals surface area contributed by atoms with E-state index in [9.17, 15) is 0 Å². The van der Waals surface area contributed by atoms with E-state index in [2.05, 4.69) is 33.2 Å². The molecule has 2 heterocycles. The highest BCUT2D eigenvalue weighted by Gasteiger charge is 2.20. The first-order valence-electron chi connectivity index (χ1n) is 7.04. The fraction of sp³-hybridized carbons (Fsp3) is 0.714. The van der Waals surface area contributed by atoms with Gasteiger partial charge in [0.1, 0.15) is 12.1 Å². The van der Waals surface area contributed by atoms with Gasteiger partial charge in [0.2, 0.25) is 0 Å². The van der Waals surface area contributed by atoms with Crippen LogP contribution in [0.1, 0.15) is 31.9 Å². The Hall–Kier alpha value is -1.16. The zero-order chi connectivity index (χ0) is 12.8. The van der Waals surface area contributed by atoms with E-state index in [0.717, 1.165) is 43.6 Å². The van der Waals surface area contributed by atoms with Gasteiger partial charge in [0.15, 0.2) is 0 Å². The Kier molecular flexibility index (Phi) is 4.93. The standard InChI is InChI=1S/C14H24N4/c1-3-6-15-9-13-5-4-7-18(10-13)14-8-12(2)16-11-17-14/h8,11,13,15H,3-7,9-10H2,1-2H3. The third-order valence-corrected chi connectivity index (χ3v) is 3.49. The van der Waals surface area contributed by atoms with Gasteiger partial charge in [-0.05, 0) is 45.2 Å². The second-order valence-corrected chi connectivity index (χ2v) is 5.18. The van der Waals surface area contributed by atoms with E-state index in [1.54, 1.807) is 6.33 Å². The molecule has 0 saturated carbocycles. The molecule has 18 heavy (non-hydrogen) atoms. The summed E-state index contributed by atoms with van der Waals surface area (Å²) in [7, 11) is 0. The van der Waals surface area contributed by atoms with Crippen LogP contribution in [0.25, 0.3) is 0 Å². The molecule has 1 atom stereocenters. The monoisotopic (exact) mass is 248 g/mol. The van der Waals surface area contributed by atoms with Crippen LogP contribution in [-0.2, 0) is 0 Å². The van der Waals surface area contributed by atoms with Crippen molar-refractivity contribution >= 4 is 5.82 Å². The second-order valence-electron chi connectivity index (χ2n) is 5.18. The summed E-state index contributed by atoms with van der Waals surface area (Å²) in [5.74, 6) is 1.84. The maximum Gasteiger partial charge on any atom is 0.132 e. The number of hydrogen-bond donors (Lipinski definition) is 1. The Balaban J connectivity index is 1.90. The molecule has 1 aromatic rings. The summed E-state index contributed by atoms with van der Waals surface area (Å²) >= 11 is 0. The molecular weight excluding hydrogens is 224 g/mol. The van der Waals surface area contributed by atoms with Crippen molar-refractivity contribution in [2.24, 2.45) is 5.92 Å². The molecule has 0 aromatic carbocycles. The van der Waals surface area contributed by atoms with Gasteiger partial charge >= 0.3 is 0 Å². The van der Waals surface area contributed by atoms with Crippen molar-refractivity contribution in [3.05, 3.63) is 18.1 Å². The van der Waals surface area contributed by atoms with Crippen LogP contribution in [0.3, 0.4) is 0 Å². The van der Waals surface area contributed by atoms with Crippen molar-refractivity contribution in [1.82, 2.24) is 15.3 Å². The number of aromatic nitrogens is 2. The largest absolute Gasteiger partial charge is 0.356 e. The van der Waals surface area contributed by atoms with E-state index in [0.29, 0.717) is 0 Å². The molecule has 4 nitrogen and oxygen atoms in total. The van der Waals surface area contributed by atoms with Crippen molar-refractivity contribution < 1.29 is 0 Å². The van der Waals surface area contributed by atoms with Gasteiger partial charge in [-0.2, -0.15) is 0 Å². The topological polar surface area (TPSA) is 41.0 Å². The average Bonchev–Trinajstić information content (AvgIpc) is 2.39. The number of hydrogen-bond acceptors (Lipinski definition) is 4. The molecule has 0 aliphatic carbocycles. The molecule has 1 unspecified atom stereocenters. The molecule has 0 spiro atoms. The van der Waals surface area contributed by atoms with E-state index in [1.807, 2.05) is 6.92 Å². The zero-order valence-corrected chi connectivity index (χ0v) is 11.5. The van der Waals surface area contributed by atoms with Crippen molar-refractivity contribution in [2.75, 3.05) is 31.1 Å². The summed E-state index contributed by atoms with van der Waals surface area (Å²) in [5, 5.41) is 3.53. The molecule has 4 heteroatoms. The summed E-state index contributed by atoms with van der Waals surface area (Å²) in [6.45, 7) is 8.74. The molecule has 1 aromatic heterocycles. The maximum atomic E-state index is 4.39. The summed E-state index contributed by atoms with van der Waals surface area (Å²) in [5.41, 5.74) is 1.05. The van der Waals surface area contributed by atoms with Crippen LogP contribution in [0.2, 0.25) is 0 Å². The first-order chi connectivity index (χ1) is 8.79. The lowest BCUT2D eigenvalue weighted by Gasteiger charge is -2.33. The average molecular weight is 248 g/mol. The first kappa shape index (κ1) is 13.3. The Morgan fingerprint density at radius 1 is 1.44 bits per heavy atom. The minimum absolute atomic E-state index is 0.751. The van der Waals surface area contributed by atoms with E-state index in [-0.39, 0.29) is 0 Å². The fourth-order valence-electron chi connectivity index (χ4n) is 2.54. The van der Waals surface area contributed by atoms with Crippen LogP contribution in [0, 0.1) is 12.8 Å². The lowest BCUT2D eigenvalue weighted by Crippen LogP contribution is -2.40. The van der Waals surface area contributed by atoms with Gasteiger partial charge in [0.05, 0.1) is 0 Å². The molecule has 1 fully saturated rings. The van der Waals surface area contributed by atoms with Gasteiger partial charge in [0, 0.05) is 24.8 Å². The molecule has 0 bridgehead atoms. The lowest BCUT2D eigenvalue weighted by atomic mass is 9.98. The van der Waals surface area contributed by atoms with E-state index < -0.39 is 0 Å². The third-order valence-electron chi connectivity index (χ3n) is 3.49. The predicted molar refractivity (Wildman–Crippen MR) is 74.9 cm³/mol. The number of aryl methyl sites for hydroxylation is 1. The highest BCUT2D eigenvalue weighted by molar-refractivity contribution is 5.39. The van der Waals surface area contributed by atoms with Crippen LogP contribution in [0.4, 0.5) is 5.82 Å². The maximum absolute atomic E-state index is 4.39. The Bertz CT molecular complexity index is 367. The molecule has 1 saturated heterocycles. The van der Waals surface area contributed by atoms with Crippen molar-refractivity contribution in [1.29, 1.82) is 0 Å². The molecule has 0 radical (unpaired) electrons. The van der Waals surface area contributed by atoms with Crippen molar-refractivity contribution in [3.63, 3.8) is 0 Å². The van der Waals surface area contributed by atoms with Gasteiger partial charge in [-0.25, -0.2) is 9.97 Å². The van der Waals surface area contributed by atoms with Crippen LogP contribution in [0.15, 0.2) is 12.4 Å². The number of anilines is 1. The number of nitrogens with one attached hydrogen (secondary N) is 1. The molecular formula is C14H24N4. The SMILES string of the molecule is CCCNCC1CCCN(c2cc(C)ncn2)C1. The normalized spacial score (nSPS) is 20.1. The summed E-state index contributed by atoms with van der Waals surface area (Å²) in [4.78, 5) is 11.0. The highest BCUT2D eigenvalue weighted by atomic mass is 15.2. The molecule has 1 aliphatic heterocycles. The van der Waals surface area contributed by atoms with Gasteiger partial charge in [-0.3, -0.25) is 0 Å². The Morgan fingerprint density at radius 2 is 2.33 bits per heavy atom. The quantitative estimate of drug-likeness (QED) is 0.809. The fourth-order valence-corrected chi connectivity index (χ4v) is 2.54. The highest BCUT2D eigenvalue weighted by Crippen LogP contribution is 2.21. The molecule has 0 amide bonds. The summed E-state index contributed by atoms with van der Waals surface area (Å²) in [6.07, 6.45) is 5.48. The van der Waals surface area contributed by atoms with Crippen LogP contribution in [-0.4, -0.2) is 36.1 Å². The van der Waals surface area contributed by atoms with E-state index in [4.69, 9.17) is 0 Å². The van der Waals surface area contributed by atoms with E-state index >= 15 is 0 Å². The lowest BCUT2D eigenvalue weighted by molar-refractivity contribution is 0.391. The summed E-state index contributed by atoms with van der Waals surface area (Å²) < 4.78 is 0. The smallest absolute Gasteiger partial charge is 0.132 e. The summed E-state index contributed by atoms with van der Waals surface area (Å²) in [6, 6.07) is 2.09. The minimum atomic E-state index is 0.751. The van der Waals surface area contributed by atoms with Crippen LogP contribution >= 0.6 is 0 Å². The van der Waals surface area contributed by atoms with Crippen LogP contribution < -0.4 is 10.2 Å². The molecule has 1 aliphatic rings. The molecule has 2 rings (SSSR count). The van der Waals surface area contributed by atoms with Gasteiger partial charge in [-0.15, -0.1) is 0 Å². The van der Waals surface area contributed by atoms with Crippen molar-refractivity contribution in [3.8, 4) is 0 Å². The Labute approximate surface area is 110 Å². The van der Waals surface area contributed by atoms with Gasteiger partial charge < -0.3 is 10.2 Å². The number of rotatable bonds is 5. The van der Waals surface area contributed by atoms with Gasteiger partial charge in [0.25, 0.3) is 0 Å². The molecule has 1 N–H and O–H groups in total. The minimum Gasteiger partial charge on any atom is -0.356 e. The third kappa shape index (κ3) is 3.67. The first-order valence-corrected chi connectivity index (χ1v) is 7.04. The number of piperidine rings is 1. The molecule has 100 valence electrons. The second kappa shape index (κ2) is 6.69. The zero-order valence-electron chi connectivity index (χ0n) is 11.5. The predicted octanol–water partition coefficient (Wildman–Crippen LogP) is 2.00. The van der Waals surface area contributed by atoms with Crippen molar-refractivity contribution in [2.45, 2.75) is 33.1 Å². The number of nitrogens with zero attached hydrogens (tertiary/aromatic N) is 3. The van der Waals surface area contributed by atoms with Crippen LogP contribution in [0.5, 0.6) is 0 Å². The van der Waals surface area contributed by atoms with E-state index in [1.165, 1.54) is 19.3 Å².